The van der Waals surface area contributed by atoms with Crippen molar-refractivity contribution in [3.63, 3.8) is 0 Å². The van der Waals surface area contributed by atoms with Gasteiger partial charge in [-0.15, -0.1) is 0 Å². The number of methoxy groups -OCH3 is 1. The molecule has 18 heavy (non-hydrogen) atoms. The fraction of sp³-hybridized carbons (Fsp3) is 0.583. The highest BCUT2D eigenvalue weighted by atomic mass is 16.5. The van der Waals surface area contributed by atoms with Gasteiger partial charge in [0.25, 0.3) is 5.91 Å². The molecule has 0 atom stereocenters. The number of hydrogen-bond donors (Lipinski definition) is 1. The zero-order chi connectivity index (χ0) is 13.0. The number of nitrogens with zero attached hydrogens (tertiary/aromatic N) is 1. The van der Waals surface area contributed by atoms with Crippen LogP contribution in [0.25, 0.3) is 0 Å². The molecule has 2 rings (SSSR count). The second kappa shape index (κ2) is 5.66. The Bertz CT molecular complexity index is 437. The fourth-order valence-corrected chi connectivity index (χ4v) is 1.58. The normalized spacial score (nSPS) is 14.3. The summed E-state index contributed by atoms with van der Waals surface area (Å²) in [6, 6.07) is 1.69. The molecule has 0 spiro atoms. The van der Waals surface area contributed by atoms with Crippen LogP contribution in [0, 0.1) is 0 Å². The number of esters is 1. The van der Waals surface area contributed by atoms with Crippen LogP contribution in [0.2, 0.25) is 0 Å². The van der Waals surface area contributed by atoms with Crippen molar-refractivity contribution in [3.05, 3.63) is 17.5 Å². The summed E-state index contributed by atoms with van der Waals surface area (Å²) in [7, 11) is 1.34. The van der Waals surface area contributed by atoms with Gasteiger partial charge in [-0.2, -0.15) is 0 Å². The van der Waals surface area contributed by atoms with E-state index in [2.05, 4.69) is 15.2 Å². The van der Waals surface area contributed by atoms with Crippen LogP contribution in [-0.4, -0.2) is 30.7 Å². The molecule has 0 bridgehead atoms. The maximum absolute atomic E-state index is 11.7. The fourth-order valence-electron chi connectivity index (χ4n) is 1.58. The van der Waals surface area contributed by atoms with Gasteiger partial charge in [0.2, 0.25) is 0 Å². The first kappa shape index (κ1) is 12.6. The first-order valence-corrected chi connectivity index (χ1v) is 6.02. The summed E-state index contributed by atoms with van der Waals surface area (Å²) < 4.78 is 9.59. The predicted molar refractivity (Wildman–Crippen MR) is 62.1 cm³/mol. The SMILES string of the molecule is COC(=O)CCCNC(=O)c1cc(C2CC2)on1. The molecular formula is C12H16N2O4. The highest BCUT2D eigenvalue weighted by Gasteiger charge is 2.28. The molecule has 0 aliphatic heterocycles. The molecule has 1 N–H and O–H groups in total. The van der Waals surface area contributed by atoms with E-state index in [9.17, 15) is 9.59 Å². The van der Waals surface area contributed by atoms with Gasteiger partial charge in [0.1, 0.15) is 5.76 Å². The minimum atomic E-state index is -0.276. The van der Waals surface area contributed by atoms with Crippen molar-refractivity contribution in [2.24, 2.45) is 0 Å². The molecule has 1 saturated carbocycles. The lowest BCUT2D eigenvalue weighted by molar-refractivity contribution is -0.140. The largest absolute Gasteiger partial charge is 0.469 e. The average Bonchev–Trinajstić information content (AvgIpc) is 3.11. The van der Waals surface area contributed by atoms with E-state index in [-0.39, 0.29) is 11.9 Å². The monoisotopic (exact) mass is 252 g/mol. The molecule has 1 aromatic rings. The molecule has 1 amide bonds. The van der Waals surface area contributed by atoms with Crippen molar-refractivity contribution in [1.29, 1.82) is 0 Å². The maximum Gasteiger partial charge on any atom is 0.305 e. The number of rotatable bonds is 6. The Balaban J connectivity index is 1.71. The van der Waals surface area contributed by atoms with E-state index in [0.717, 1.165) is 18.6 Å². The van der Waals surface area contributed by atoms with E-state index in [1.165, 1.54) is 7.11 Å². The third-order valence-electron chi connectivity index (χ3n) is 2.81. The summed E-state index contributed by atoms with van der Waals surface area (Å²) in [5.74, 6) is 0.685. The summed E-state index contributed by atoms with van der Waals surface area (Å²) in [5.41, 5.74) is 0.301. The van der Waals surface area contributed by atoms with E-state index < -0.39 is 0 Å². The lowest BCUT2D eigenvalue weighted by Crippen LogP contribution is -2.25. The number of ether oxygens (including phenoxy) is 1. The molecule has 0 radical (unpaired) electrons. The Kier molecular flexibility index (Phi) is 3.96. The minimum absolute atomic E-state index is 0.268. The minimum Gasteiger partial charge on any atom is -0.469 e. The van der Waals surface area contributed by atoms with Crippen LogP contribution >= 0.6 is 0 Å². The Morgan fingerprint density at radius 3 is 3.00 bits per heavy atom. The molecule has 1 fully saturated rings. The molecule has 1 heterocycles. The highest BCUT2D eigenvalue weighted by molar-refractivity contribution is 5.92. The number of aromatic nitrogens is 1. The second-order valence-corrected chi connectivity index (χ2v) is 4.32. The Hall–Kier alpha value is -1.85. The van der Waals surface area contributed by atoms with E-state index >= 15 is 0 Å². The van der Waals surface area contributed by atoms with Crippen molar-refractivity contribution in [3.8, 4) is 0 Å². The molecule has 0 saturated heterocycles. The lowest BCUT2D eigenvalue weighted by Gasteiger charge is -2.01. The van der Waals surface area contributed by atoms with Gasteiger partial charge >= 0.3 is 5.97 Å². The van der Waals surface area contributed by atoms with Crippen molar-refractivity contribution in [2.45, 2.75) is 31.6 Å². The molecule has 1 aliphatic carbocycles. The lowest BCUT2D eigenvalue weighted by atomic mass is 10.2. The molecule has 6 heteroatoms. The smallest absolute Gasteiger partial charge is 0.305 e. The van der Waals surface area contributed by atoms with Crippen LogP contribution in [0.4, 0.5) is 0 Å². The van der Waals surface area contributed by atoms with Gasteiger partial charge < -0.3 is 14.6 Å². The van der Waals surface area contributed by atoms with E-state index in [0.29, 0.717) is 31.0 Å². The van der Waals surface area contributed by atoms with Gasteiger partial charge in [0.15, 0.2) is 5.69 Å². The summed E-state index contributed by atoms with van der Waals surface area (Å²) in [5, 5.41) is 6.41. The number of carbonyl (C=O) groups excluding carboxylic acids is 2. The first-order chi connectivity index (χ1) is 8.70. The first-order valence-electron chi connectivity index (χ1n) is 6.02. The topological polar surface area (TPSA) is 81.4 Å². The van der Waals surface area contributed by atoms with Crippen LogP contribution in [0.5, 0.6) is 0 Å². The van der Waals surface area contributed by atoms with Crippen LogP contribution in [-0.2, 0) is 9.53 Å². The Labute approximate surface area is 105 Å². The van der Waals surface area contributed by atoms with Gasteiger partial charge in [0.05, 0.1) is 7.11 Å². The maximum atomic E-state index is 11.7. The number of amides is 1. The molecule has 6 nitrogen and oxygen atoms in total. The van der Waals surface area contributed by atoms with Crippen molar-refractivity contribution in [2.75, 3.05) is 13.7 Å². The molecule has 98 valence electrons. The molecule has 1 aliphatic rings. The van der Waals surface area contributed by atoms with Crippen molar-refractivity contribution >= 4 is 11.9 Å². The van der Waals surface area contributed by atoms with Crippen molar-refractivity contribution < 1.29 is 18.8 Å². The highest BCUT2D eigenvalue weighted by Crippen LogP contribution is 2.40. The molecule has 0 aromatic carbocycles. The van der Waals surface area contributed by atoms with E-state index in [1.807, 2.05) is 0 Å². The standard InChI is InChI=1S/C12H16N2O4/c1-17-11(15)3-2-6-13-12(16)9-7-10(18-14-9)8-4-5-8/h7-8H,2-6H2,1H3,(H,13,16). The summed E-state index contributed by atoms with van der Waals surface area (Å²) in [6.07, 6.45) is 3.05. The predicted octanol–water partition coefficient (Wildman–Crippen LogP) is 1.23. The third kappa shape index (κ3) is 3.32. The van der Waals surface area contributed by atoms with Crippen LogP contribution in [0.3, 0.4) is 0 Å². The summed E-state index contributed by atoms with van der Waals surface area (Å²) in [4.78, 5) is 22.5. The molecule has 1 aromatic heterocycles. The zero-order valence-corrected chi connectivity index (χ0v) is 10.3. The Morgan fingerprint density at radius 1 is 1.56 bits per heavy atom. The number of carbonyl (C=O) groups is 2. The van der Waals surface area contributed by atoms with Crippen LogP contribution < -0.4 is 5.32 Å². The number of hydrogen-bond acceptors (Lipinski definition) is 5. The van der Waals surface area contributed by atoms with Crippen LogP contribution in [0.1, 0.15) is 47.8 Å². The van der Waals surface area contributed by atoms with Gasteiger partial charge in [-0.05, 0) is 19.3 Å². The second-order valence-electron chi connectivity index (χ2n) is 4.32. The van der Waals surface area contributed by atoms with Gasteiger partial charge in [0, 0.05) is 24.9 Å². The quantitative estimate of drug-likeness (QED) is 0.608. The average molecular weight is 252 g/mol. The molecular weight excluding hydrogens is 236 g/mol. The van der Waals surface area contributed by atoms with E-state index in [4.69, 9.17) is 4.52 Å². The zero-order valence-electron chi connectivity index (χ0n) is 10.3. The number of nitrogens with one attached hydrogen (secondary N) is 1. The van der Waals surface area contributed by atoms with Gasteiger partial charge in [-0.3, -0.25) is 9.59 Å². The van der Waals surface area contributed by atoms with E-state index in [1.54, 1.807) is 6.07 Å². The summed E-state index contributed by atoms with van der Waals surface area (Å²) >= 11 is 0. The van der Waals surface area contributed by atoms with Gasteiger partial charge in [-0.25, -0.2) is 0 Å². The third-order valence-corrected chi connectivity index (χ3v) is 2.81. The molecule has 0 unspecified atom stereocenters. The van der Waals surface area contributed by atoms with Crippen LogP contribution in [0.15, 0.2) is 10.6 Å². The summed E-state index contributed by atoms with van der Waals surface area (Å²) in [6.45, 7) is 0.416. The van der Waals surface area contributed by atoms with Crippen molar-refractivity contribution in [1.82, 2.24) is 10.5 Å². The Morgan fingerprint density at radius 2 is 2.33 bits per heavy atom. The van der Waals surface area contributed by atoms with Gasteiger partial charge in [-0.1, -0.05) is 5.16 Å².